The first-order valence-corrected chi connectivity index (χ1v) is 6.97. The molecular formula is C15H24N2. The summed E-state index contributed by atoms with van der Waals surface area (Å²) in [6.45, 7) is 5.36. The van der Waals surface area contributed by atoms with Crippen molar-refractivity contribution in [3.05, 3.63) is 29.6 Å². The van der Waals surface area contributed by atoms with Gasteiger partial charge in [-0.05, 0) is 49.9 Å². The van der Waals surface area contributed by atoms with Crippen molar-refractivity contribution in [2.75, 3.05) is 6.54 Å². The van der Waals surface area contributed by atoms with Gasteiger partial charge in [0.2, 0.25) is 0 Å². The summed E-state index contributed by atoms with van der Waals surface area (Å²) in [5, 5.41) is 3.63. The third-order valence-electron chi connectivity index (χ3n) is 3.80. The molecule has 1 saturated carbocycles. The lowest BCUT2D eigenvalue weighted by molar-refractivity contribution is 0.270. The van der Waals surface area contributed by atoms with E-state index in [0.29, 0.717) is 6.04 Å². The maximum absolute atomic E-state index is 4.57. The fraction of sp³-hybridized carbons (Fsp3) is 0.667. The van der Waals surface area contributed by atoms with E-state index in [1.165, 1.54) is 43.4 Å². The van der Waals surface area contributed by atoms with E-state index < -0.39 is 0 Å². The van der Waals surface area contributed by atoms with Crippen LogP contribution in [0.2, 0.25) is 0 Å². The molecule has 1 fully saturated rings. The number of rotatable bonds is 4. The number of hydrogen-bond donors (Lipinski definition) is 1. The molecule has 1 atom stereocenters. The fourth-order valence-corrected chi connectivity index (χ4v) is 2.93. The van der Waals surface area contributed by atoms with Crippen LogP contribution in [0.5, 0.6) is 0 Å². The lowest BCUT2D eigenvalue weighted by Gasteiger charge is -2.30. The van der Waals surface area contributed by atoms with Crippen molar-refractivity contribution in [2.45, 2.75) is 52.0 Å². The number of hydrogen-bond acceptors (Lipinski definition) is 2. The minimum atomic E-state index is 0.459. The monoisotopic (exact) mass is 232 g/mol. The van der Waals surface area contributed by atoms with Crippen molar-refractivity contribution in [3.63, 3.8) is 0 Å². The fourth-order valence-electron chi connectivity index (χ4n) is 2.93. The van der Waals surface area contributed by atoms with Crippen molar-refractivity contribution in [2.24, 2.45) is 5.92 Å². The third kappa shape index (κ3) is 3.29. The Morgan fingerprint density at radius 1 is 1.35 bits per heavy atom. The molecule has 1 heterocycles. The van der Waals surface area contributed by atoms with Gasteiger partial charge in [-0.15, -0.1) is 0 Å². The molecule has 0 spiro atoms. The van der Waals surface area contributed by atoms with Gasteiger partial charge in [0, 0.05) is 6.20 Å². The summed E-state index contributed by atoms with van der Waals surface area (Å²) in [6, 6.07) is 4.77. The van der Waals surface area contributed by atoms with Gasteiger partial charge in [0.1, 0.15) is 0 Å². The largest absolute Gasteiger partial charge is 0.309 e. The molecule has 0 aliphatic heterocycles. The Hall–Kier alpha value is -0.890. The van der Waals surface area contributed by atoms with Crippen molar-refractivity contribution in [1.29, 1.82) is 0 Å². The first kappa shape index (κ1) is 12.6. The molecule has 0 aromatic carbocycles. The van der Waals surface area contributed by atoms with E-state index in [2.05, 4.69) is 36.3 Å². The number of nitrogens with one attached hydrogen (secondary N) is 1. The van der Waals surface area contributed by atoms with E-state index >= 15 is 0 Å². The van der Waals surface area contributed by atoms with Gasteiger partial charge in [0.25, 0.3) is 0 Å². The van der Waals surface area contributed by atoms with E-state index in [4.69, 9.17) is 0 Å². The maximum Gasteiger partial charge on any atom is 0.0578 e. The van der Waals surface area contributed by atoms with Crippen molar-refractivity contribution < 1.29 is 0 Å². The summed E-state index contributed by atoms with van der Waals surface area (Å²) < 4.78 is 0. The average Bonchev–Trinajstić information content (AvgIpc) is 2.37. The molecule has 1 aliphatic rings. The van der Waals surface area contributed by atoms with E-state index in [9.17, 15) is 0 Å². The first-order valence-electron chi connectivity index (χ1n) is 6.97. The van der Waals surface area contributed by atoms with Crippen LogP contribution in [-0.2, 0) is 0 Å². The van der Waals surface area contributed by atoms with Crippen LogP contribution in [0, 0.1) is 12.8 Å². The van der Waals surface area contributed by atoms with Crippen LogP contribution < -0.4 is 5.32 Å². The summed E-state index contributed by atoms with van der Waals surface area (Å²) in [5.74, 6) is 0.776. The molecule has 17 heavy (non-hydrogen) atoms. The van der Waals surface area contributed by atoms with Gasteiger partial charge in [0.05, 0.1) is 11.7 Å². The highest BCUT2D eigenvalue weighted by atomic mass is 14.9. The number of aromatic nitrogens is 1. The van der Waals surface area contributed by atoms with Gasteiger partial charge in [0.15, 0.2) is 0 Å². The Morgan fingerprint density at radius 2 is 2.12 bits per heavy atom. The first-order chi connectivity index (χ1) is 8.31. The van der Waals surface area contributed by atoms with Crippen LogP contribution in [0.15, 0.2) is 18.3 Å². The van der Waals surface area contributed by atoms with Gasteiger partial charge >= 0.3 is 0 Å². The van der Waals surface area contributed by atoms with E-state index in [1.807, 2.05) is 6.20 Å². The maximum atomic E-state index is 4.57. The standard InChI is InChI=1S/C15H24N2/c1-3-16-15(13-7-5-4-6-8-13)14-11-12(2)9-10-17-14/h9-11,13,15-16H,3-8H2,1-2H3. The molecule has 0 radical (unpaired) electrons. The van der Waals surface area contributed by atoms with Crippen molar-refractivity contribution in [3.8, 4) is 0 Å². The van der Waals surface area contributed by atoms with Crippen LogP contribution in [0.25, 0.3) is 0 Å². The second-order valence-electron chi connectivity index (χ2n) is 5.19. The van der Waals surface area contributed by atoms with Gasteiger partial charge in [-0.1, -0.05) is 26.2 Å². The minimum absolute atomic E-state index is 0.459. The second kappa shape index (κ2) is 6.15. The summed E-state index contributed by atoms with van der Waals surface area (Å²) >= 11 is 0. The Labute approximate surface area is 105 Å². The SMILES string of the molecule is CCNC(c1cc(C)ccn1)C1CCCCC1. The number of aryl methyl sites for hydroxylation is 1. The molecule has 0 saturated heterocycles. The van der Waals surface area contributed by atoms with Gasteiger partial charge in [-0.2, -0.15) is 0 Å². The van der Waals surface area contributed by atoms with Crippen LogP contribution >= 0.6 is 0 Å². The summed E-state index contributed by atoms with van der Waals surface area (Å²) in [7, 11) is 0. The molecule has 2 heteroatoms. The summed E-state index contributed by atoms with van der Waals surface area (Å²) in [6.07, 6.45) is 8.84. The van der Waals surface area contributed by atoms with Crippen LogP contribution in [0.4, 0.5) is 0 Å². The molecular weight excluding hydrogens is 208 g/mol. The van der Waals surface area contributed by atoms with Crippen molar-refractivity contribution >= 4 is 0 Å². The lowest BCUT2D eigenvalue weighted by Crippen LogP contribution is -2.30. The van der Waals surface area contributed by atoms with Crippen LogP contribution in [0.1, 0.15) is 56.3 Å². The van der Waals surface area contributed by atoms with E-state index in [0.717, 1.165) is 12.5 Å². The second-order valence-corrected chi connectivity index (χ2v) is 5.19. The third-order valence-corrected chi connectivity index (χ3v) is 3.80. The molecule has 2 rings (SSSR count). The number of pyridine rings is 1. The predicted octanol–water partition coefficient (Wildman–Crippen LogP) is 3.62. The predicted molar refractivity (Wildman–Crippen MR) is 72.0 cm³/mol. The molecule has 0 bridgehead atoms. The zero-order valence-corrected chi connectivity index (χ0v) is 11.1. The van der Waals surface area contributed by atoms with E-state index in [-0.39, 0.29) is 0 Å². The average molecular weight is 232 g/mol. The highest BCUT2D eigenvalue weighted by Gasteiger charge is 2.25. The molecule has 0 amide bonds. The Bertz CT molecular complexity index is 343. The Kier molecular flexibility index (Phi) is 4.55. The normalized spacial score (nSPS) is 19.2. The topological polar surface area (TPSA) is 24.9 Å². The molecule has 1 unspecified atom stereocenters. The number of nitrogens with zero attached hydrogens (tertiary/aromatic N) is 1. The van der Waals surface area contributed by atoms with Gasteiger partial charge in [-0.3, -0.25) is 4.98 Å². The summed E-state index contributed by atoms with van der Waals surface area (Å²) in [5.41, 5.74) is 2.55. The Balaban J connectivity index is 2.15. The molecule has 2 nitrogen and oxygen atoms in total. The zero-order chi connectivity index (χ0) is 12.1. The van der Waals surface area contributed by atoms with E-state index in [1.54, 1.807) is 0 Å². The molecule has 94 valence electrons. The summed E-state index contributed by atoms with van der Waals surface area (Å²) in [4.78, 5) is 4.57. The Morgan fingerprint density at radius 3 is 2.76 bits per heavy atom. The van der Waals surface area contributed by atoms with Gasteiger partial charge in [-0.25, -0.2) is 0 Å². The van der Waals surface area contributed by atoms with Crippen LogP contribution in [0.3, 0.4) is 0 Å². The highest BCUT2D eigenvalue weighted by Crippen LogP contribution is 2.33. The zero-order valence-electron chi connectivity index (χ0n) is 11.1. The van der Waals surface area contributed by atoms with Gasteiger partial charge < -0.3 is 5.32 Å². The molecule has 1 aromatic rings. The van der Waals surface area contributed by atoms with Crippen LogP contribution in [-0.4, -0.2) is 11.5 Å². The lowest BCUT2D eigenvalue weighted by atomic mass is 9.82. The van der Waals surface area contributed by atoms with Crippen molar-refractivity contribution in [1.82, 2.24) is 10.3 Å². The minimum Gasteiger partial charge on any atom is -0.309 e. The highest BCUT2D eigenvalue weighted by molar-refractivity contribution is 5.18. The smallest absolute Gasteiger partial charge is 0.0578 e. The molecule has 1 aromatic heterocycles. The molecule has 1 aliphatic carbocycles. The quantitative estimate of drug-likeness (QED) is 0.857. The molecule has 1 N–H and O–H groups in total.